The lowest BCUT2D eigenvalue weighted by Crippen LogP contribution is -2.34. The molecule has 1 aromatic carbocycles. The number of β-amino-alcohol motifs (C(OH)–C–C–N with tert-alkyl or cyclic N) is 1. The van der Waals surface area contributed by atoms with E-state index in [1.165, 1.54) is 0 Å². The lowest BCUT2D eigenvalue weighted by molar-refractivity contribution is -0.117. The Morgan fingerprint density at radius 1 is 1.48 bits per heavy atom. The maximum absolute atomic E-state index is 12.5. The molecule has 25 heavy (non-hydrogen) atoms. The number of aliphatic hydroxyl groups excluding tert-OH is 1. The second kappa shape index (κ2) is 7.25. The van der Waals surface area contributed by atoms with Gasteiger partial charge in [0.15, 0.2) is 0 Å². The molecule has 1 aliphatic rings. The molecule has 3 N–H and O–H groups in total. The third-order valence-corrected chi connectivity index (χ3v) is 4.60. The fourth-order valence-corrected chi connectivity index (χ4v) is 3.35. The fourth-order valence-electron chi connectivity index (χ4n) is 3.35. The number of aliphatic hydroxyl groups is 1. The number of benzene rings is 1. The summed E-state index contributed by atoms with van der Waals surface area (Å²) in [4.78, 5) is 14.5. The quantitative estimate of drug-likeness (QED) is 0.769. The first-order valence-corrected chi connectivity index (χ1v) is 8.35. The fraction of sp³-hybridized carbons (Fsp3) is 0.444. The number of carbonyl (C=O) groups is 1. The van der Waals surface area contributed by atoms with Crippen LogP contribution in [0.1, 0.15) is 29.4 Å². The highest BCUT2D eigenvalue weighted by Crippen LogP contribution is 2.33. The van der Waals surface area contributed by atoms with Crippen molar-refractivity contribution in [1.82, 2.24) is 15.1 Å². The van der Waals surface area contributed by atoms with E-state index in [0.29, 0.717) is 13.0 Å². The predicted molar refractivity (Wildman–Crippen MR) is 94.6 cm³/mol. The van der Waals surface area contributed by atoms with Crippen LogP contribution in [0.25, 0.3) is 0 Å². The number of likely N-dealkylation sites (tertiary alicyclic amines) is 1. The lowest BCUT2D eigenvalue weighted by atomic mass is 10.0. The minimum atomic E-state index is -0.443. The van der Waals surface area contributed by atoms with Crippen molar-refractivity contribution in [3.63, 3.8) is 0 Å². The van der Waals surface area contributed by atoms with Crippen LogP contribution in [0, 0.1) is 13.8 Å². The van der Waals surface area contributed by atoms with Gasteiger partial charge in [-0.1, -0.05) is 12.1 Å². The van der Waals surface area contributed by atoms with E-state index in [9.17, 15) is 9.90 Å². The molecule has 0 aliphatic carbocycles. The summed E-state index contributed by atoms with van der Waals surface area (Å²) in [5.41, 5.74) is 3.36. The third kappa shape index (κ3) is 3.83. The number of rotatable bonds is 5. The SMILES string of the molecule is COc1cccc([C@@H]2C[C@H](O)CN2CC(=O)Nc2c(C)n[nH]c2C)c1. The summed E-state index contributed by atoms with van der Waals surface area (Å²) in [5.74, 6) is 0.655. The number of anilines is 1. The Morgan fingerprint density at radius 3 is 2.96 bits per heavy atom. The van der Waals surface area contributed by atoms with Crippen LogP contribution in [0.5, 0.6) is 5.75 Å². The van der Waals surface area contributed by atoms with Crippen LogP contribution >= 0.6 is 0 Å². The molecule has 2 atom stereocenters. The largest absolute Gasteiger partial charge is 0.497 e. The smallest absolute Gasteiger partial charge is 0.238 e. The van der Waals surface area contributed by atoms with Crippen LogP contribution in [0.2, 0.25) is 0 Å². The van der Waals surface area contributed by atoms with Crippen LogP contribution in [0.3, 0.4) is 0 Å². The average Bonchev–Trinajstić information content (AvgIpc) is 3.11. The summed E-state index contributed by atoms with van der Waals surface area (Å²) in [6, 6.07) is 7.76. The molecule has 3 rings (SSSR count). The lowest BCUT2D eigenvalue weighted by Gasteiger charge is -2.24. The summed E-state index contributed by atoms with van der Waals surface area (Å²) >= 11 is 0. The molecule has 0 spiro atoms. The molecule has 0 bridgehead atoms. The Morgan fingerprint density at radius 2 is 2.28 bits per heavy atom. The highest BCUT2D eigenvalue weighted by Gasteiger charge is 2.33. The maximum atomic E-state index is 12.5. The highest BCUT2D eigenvalue weighted by molar-refractivity contribution is 5.93. The van der Waals surface area contributed by atoms with E-state index in [2.05, 4.69) is 15.5 Å². The molecule has 2 heterocycles. The Labute approximate surface area is 147 Å². The molecule has 2 aromatic rings. The molecule has 0 radical (unpaired) electrons. The monoisotopic (exact) mass is 344 g/mol. The number of nitrogens with zero attached hydrogens (tertiary/aromatic N) is 2. The Hall–Kier alpha value is -2.38. The predicted octanol–water partition coefficient (Wildman–Crippen LogP) is 1.78. The van der Waals surface area contributed by atoms with Gasteiger partial charge in [0.25, 0.3) is 0 Å². The van der Waals surface area contributed by atoms with Gasteiger partial charge in [0.05, 0.1) is 36.8 Å². The van der Waals surface area contributed by atoms with Gasteiger partial charge in [-0.15, -0.1) is 0 Å². The van der Waals surface area contributed by atoms with Gasteiger partial charge < -0.3 is 15.2 Å². The molecule has 1 aliphatic heterocycles. The Kier molecular flexibility index (Phi) is 5.06. The van der Waals surface area contributed by atoms with Gasteiger partial charge in [-0.25, -0.2) is 0 Å². The summed E-state index contributed by atoms with van der Waals surface area (Å²) in [5, 5.41) is 20.0. The normalized spacial score (nSPS) is 20.6. The average molecular weight is 344 g/mol. The van der Waals surface area contributed by atoms with Crippen molar-refractivity contribution in [3.8, 4) is 5.75 Å². The van der Waals surface area contributed by atoms with Gasteiger partial charge in [-0.2, -0.15) is 5.10 Å². The van der Waals surface area contributed by atoms with E-state index in [1.54, 1.807) is 7.11 Å². The van der Waals surface area contributed by atoms with Gasteiger partial charge in [0.1, 0.15) is 5.75 Å². The number of hydrogen-bond acceptors (Lipinski definition) is 5. The van der Waals surface area contributed by atoms with E-state index in [1.807, 2.05) is 43.0 Å². The minimum Gasteiger partial charge on any atom is -0.497 e. The molecule has 1 saturated heterocycles. The molecule has 7 nitrogen and oxygen atoms in total. The summed E-state index contributed by atoms with van der Waals surface area (Å²) in [6.07, 6.45) is 0.158. The Bertz CT molecular complexity index is 739. The number of ether oxygens (including phenoxy) is 1. The summed E-state index contributed by atoms with van der Waals surface area (Å²) in [7, 11) is 1.63. The van der Waals surface area contributed by atoms with E-state index in [0.717, 1.165) is 28.4 Å². The topological polar surface area (TPSA) is 90.5 Å². The van der Waals surface area contributed by atoms with Crippen molar-refractivity contribution >= 4 is 11.6 Å². The van der Waals surface area contributed by atoms with Gasteiger partial charge in [-0.3, -0.25) is 14.8 Å². The molecule has 1 amide bonds. The molecular formula is C18H24N4O3. The van der Waals surface area contributed by atoms with Crippen molar-refractivity contribution < 1.29 is 14.6 Å². The number of hydrogen-bond donors (Lipinski definition) is 3. The highest BCUT2D eigenvalue weighted by atomic mass is 16.5. The number of H-pyrrole nitrogens is 1. The molecule has 1 fully saturated rings. The summed E-state index contributed by atoms with van der Waals surface area (Å²) < 4.78 is 5.28. The zero-order valence-corrected chi connectivity index (χ0v) is 14.7. The standard InChI is InChI=1S/C18H24N4O3/c1-11-18(12(2)21-20-11)19-17(24)10-22-9-14(23)8-16(22)13-5-4-6-15(7-13)25-3/h4-7,14,16,23H,8-10H2,1-3H3,(H,19,24)(H,20,21)/t14-,16-/m0/s1. The first kappa shape index (κ1) is 17.4. The van der Waals surface area contributed by atoms with Crippen molar-refractivity contribution in [2.24, 2.45) is 0 Å². The van der Waals surface area contributed by atoms with Gasteiger partial charge >= 0.3 is 0 Å². The second-order valence-electron chi connectivity index (χ2n) is 6.47. The first-order chi connectivity index (χ1) is 12.0. The molecule has 0 saturated carbocycles. The van der Waals surface area contributed by atoms with Crippen molar-refractivity contribution in [3.05, 3.63) is 41.2 Å². The van der Waals surface area contributed by atoms with Crippen molar-refractivity contribution in [1.29, 1.82) is 0 Å². The third-order valence-electron chi connectivity index (χ3n) is 4.60. The number of aromatic amines is 1. The molecule has 134 valence electrons. The molecule has 7 heteroatoms. The zero-order valence-electron chi connectivity index (χ0n) is 14.7. The van der Waals surface area contributed by atoms with E-state index in [4.69, 9.17) is 4.74 Å². The maximum Gasteiger partial charge on any atom is 0.238 e. The van der Waals surface area contributed by atoms with Crippen LogP contribution in [-0.2, 0) is 4.79 Å². The second-order valence-corrected chi connectivity index (χ2v) is 6.47. The van der Waals surface area contributed by atoms with Crippen LogP contribution in [-0.4, -0.2) is 52.4 Å². The van der Waals surface area contributed by atoms with Crippen LogP contribution in [0.4, 0.5) is 5.69 Å². The Balaban J connectivity index is 1.72. The zero-order chi connectivity index (χ0) is 18.0. The van der Waals surface area contributed by atoms with Crippen LogP contribution in [0.15, 0.2) is 24.3 Å². The van der Waals surface area contributed by atoms with Gasteiger partial charge in [-0.05, 0) is 38.0 Å². The summed E-state index contributed by atoms with van der Waals surface area (Å²) in [6.45, 7) is 4.40. The number of methoxy groups -OCH3 is 1. The molecular weight excluding hydrogens is 320 g/mol. The van der Waals surface area contributed by atoms with Crippen LogP contribution < -0.4 is 10.1 Å². The minimum absolute atomic E-state index is 0.0117. The van der Waals surface area contributed by atoms with E-state index in [-0.39, 0.29) is 18.5 Å². The molecule has 0 unspecified atom stereocenters. The van der Waals surface area contributed by atoms with Gasteiger partial charge in [0.2, 0.25) is 5.91 Å². The number of amides is 1. The van der Waals surface area contributed by atoms with E-state index < -0.39 is 6.10 Å². The number of carbonyl (C=O) groups excluding carboxylic acids is 1. The van der Waals surface area contributed by atoms with Crippen molar-refractivity contribution in [2.75, 3.05) is 25.5 Å². The molecule has 1 aromatic heterocycles. The van der Waals surface area contributed by atoms with E-state index >= 15 is 0 Å². The van der Waals surface area contributed by atoms with Crippen molar-refractivity contribution in [2.45, 2.75) is 32.4 Å². The number of aryl methyl sites for hydroxylation is 2. The number of aromatic nitrogens is 2. The van der Waals surface area contributed by atoms with Gasteiger partial charge in [0, 0.05) is 12.6 Å². The first-order valence-electron chi connectivity index (χ1n) is 8.35. The number of nitrogens with one attached hydrogen (secondary N) is 2.